The number of pyridine rings is 1. The van der Waals surface area contributed by atoms with Crippen molar-refractivity contribution >= 4 is 50.7 Å². The Kier molecular flexibility index (Phi) is 5.34. The van der Waals surface area contributed by atoms with Crippen molar-refractivity contribution in [3.63, 3.8) is 0 Å². The monoisotopic (exact) mass is 369 g/mol. The Morgan fingerprint density at radius 2 is 2.15 bits per heavy atom. The minimum atomic E-state index is 0.513. The number of hydrogen-bond acceptors (Lipinski definition) is 2. The number of aryl methyl sites for hydroxylation is 1. The summed E-state index contributed by atoms with van der Waals surface area (Å²) < 4.78 is 0.970. The van der Waals surface area contributed by atoms with Gasteiger partial charge in [0.2, 0.25) is 0 Å². The van der Waals surface area contributed by atoms with Crippen LogP contribution in [0.5, 0.6) is 0 Å². The number of nitrogens with one attached hydrogen (secondary N) is 2. The van der Waals surface area contributed by atoms with E-state index in [1.165, 1.54) is 0 Å². The Labute approximate surface area is 136 Å². The molecule has 0 atom stereocenters. The van der Waals surface area contributed by atoms with Gasteiger partial charge in [-0.25, -0.2) is 4.98 Å². The van der Waals surface area contributed by atoms with Gasteiger partial charge in [-0.15, -0.1) is 0 Å². The molecule has 0 radical (unpaired) electrons. The molecule has 0 bridgehead atoms. The lowest BCUT2D eigenvalue weighted by Gasteiger charge is -2.11. The molecule has 0 aliphatic heterocycles. The molecule has 0 fully saturated rings. The van der Waals surface area contributed by atoms with Gasteiger partial charge in [0, 0.05) is 22.2 Å². The summed E-state index contributed by atoms with van der Waals surface area (Å²) >= 11 is 14.7. The normalized spacial score (nSPS) is 10.2. The van der Waals surface area contributed by atoms with Gasteiger partial charge >= 0.3 is 0 Å². The fourth-order valence-electron chi connectivity index (χ4n) is 1.59. The first-order valence-electron chi connectivity index (χ1n) is 5.96. The van der Waals surface area contributed by atoms with Gasteiger partial charge in [0.1, 0.15) is 5.82 Å². The maximum absolute atomic E-state index is 6.08. The van der Waals surface area contributed by atoms with Crippen molar-refractivity contribution in [3.05, 3.63) is 57.2 Å². The molecule has 2 rings (SSSR count). The Balaban J connectivity index is 1.93. The molecule has 0 aliphatic carbocycles. The number of benzene rings is 1. The highest BCUT2D eigenvalue weighted by Gasteiger charge is 2.03. The third-order valence-electron chi connectivity index (χ3n) is 2.69. The molecule has 20 heavy (non-hydrogen) atoms. The zero-order valence-electron chi connectivity index (χ0n) is 10.8. The third-order valence-corrected chi connectivity index (χ3v) is 4.13. The molecule has 0 aliphatic rings. The number of aromatic nitrogens is 1. The lowest BCUT2D eigenvalue weighted by Crippen LogP contribution is -2.28. The number of anilines is 1. The smallest absolute Gasteiger partial charge is 0.172 e. The highest BCUT2D eigenvalue weighted by molar-refractivity contribution is 9.10. The summed E-state index contributed by atoms with van der Waals surface area (Å²) in [5.41, 5.74) is 2.09. The van der Waals surface area contributed by atoms with Gasteiger partial charge in [-0.2, -0.15) is 0 Å². The molecule has 1 aromatic carbocycles. The predicted octanol–water partition coefficient (Wildman–Crippen LogP) is 4.29. The first kappa shape index (κ1) is 15.2. The van der Waals surface area contributed by atoms with E-state index < -0.39 is 0 Å². The molecule has 0 amide bonds. The van der Waals surface area contributed by atoms with Crippen LogP contribution in [0, 0.1) is 6.92 Å². The Hall–Kier alpha value is -1.17. The molecule has 6 heteroatoms. The zero-order valence-corrected chi connectivity index (χ0v) is 13.9. The van der Waals surface area contributed by atoms with Crippen LogP contribution in [0.25, 0.3) is 0 Å². The second kappa shape index (κ2) is 7.02. The van der Waals surface area contributed by atoms with Gasteiger partial charge in [0.05, 0.1) is 0 Å². The maximum atomic E-state index is 6.08. The van der Waals surface area contributed by atoms with E-state index in [9.17, 15) is 0 Å². The van der Waals surface area contributed by atoms with E-state index in [1.807, 2.05) is 37.3 Å². The van der Waals surface area contributed by atoms with E-state index in [0.29, 0.717) is 17.5 Å². The molecular formula is C14H13BrClN3S. The molecule has 0 saturated heterocycles. The topological polar surface area (TPSA) is 37.0 Å². The summed E-state index contributed by atoms with van der Waals surface area (Å²) in [5, 5.41) is 7.39. The number of hydrogen-bond donors (Lipinski definition) is 2. The van der Waals surface area contributed by atoms with Crippen LogP contribution in [0.15, 0.2) is 41.0 Å². The molecule has 2 N–H and O–H groups in total. The van der Waals surface area contributed by atoms with Crippen molar-refractivity contribution in [2.24, 2.45) is 0 Å². The fraction of sp³-hybridized carbons (Fsp3) is 0.143. The minimum Gasteiger partial charge on any atom is -0.358 e. The van der Waals surface area contributed by atoms with Crippen LogP contribution in [0.1, 0.15) is 11.1 Å². The summed E-state index contributed by atoms with van der Waals surface area (Å²) in [6, 6.07) is 9.58. The lowest BCUT2D eigenvalue weighted by molar-refractivity contribution is 0.925. The minimum absolute atomic E-state index is 0.513. The predicted molar refractivity (Wildman–Crippen MR) is 91.2 cm³/mol. The van der Waals surface area contributed by atoms with Gasteiger partial charge < -0.3 is 10.6 Å². The summed E-state index contributed by atoms with van der Waals surface area (Å²) in [6.07, 6.45) is 1.74. The molecule has 2 aromatic rings. The quantitative estimate of drug-likeness (QED) is 0.790. The fourth-order valence-corrected chi connectivity index (χ4v) is 2.18. The summed E-state index contributed by atoms with van der Waals surface area (Å²) in [4.78, 5) is 4.24. The van der Waals surface area contributed by atoms with Crippen molar-refractivity contribution in [3.8, 4) is 0 Å². The number of halogens is 2. The third kappa shape index (κ3) is 4.16. The highest BCUT2D eigenvalue weighted by Crippen LogP contribution is 2.17. The van der Waals surface area contributed by atoms with Gasteiger partial charge in [-0.3, -0.25) is 0 Å². The van der Waals surface area contributed by atoms with Crippen molar-refractivity contribution in [2.45, 2.75) is 13.5 Å². The second-order valence-electron chi connectivity index (χ2n) is 4.22. The van der Waals surface area contributed by atoms with E-state index in [2.05, 4.69) is 31.5 Å². The van der Waals surface area contributed by atoms with Crippen LogP contribution in [0.3, 0.4) is 0 Å². The van der Waals surface area contributed by atoms with Gasteiger partial charge in [-0.05, 0) is 58.3 Å². The van der Waals surface area contributed by atoms with Crippen molar-refractivity contribution in [1.29, 1.82) is 0 Å². The standard InChI is InChI=1S/C14H13BrClN3S/c1-9-6-13(17-8-11(9)15)19-14(20)18-7-10-4-2-3-5-12(10)16/h2-6,8H,7H2,1H3,(H2,17,18,19,20). The first-order valence-corrected chi connectivity index (χ1v) is 7.54. The zero-order chi connectivity index (χ0) is 14.5. The Morgan fingerprint density at radius 3 is 2.85 bits per heavy atom. The average Bonchev–Trinajstić information content (AvgIpc) is 2.42. The summed E-state index contributed by atoms with van der Waals surface area (Å²) in [6.45, 7) is 2.57. The number of nitrogens with zero attached hydrogens (tertiary/aromatic N) is 1. The van der Waals surface area contributed by atoms with Crippen LogP contribution >= 0.6 is 39.7 Å². The highest BCUT2D eigenvalue weighted by atomic mass is 79.9. The van der Waals surface area contributed by atoms with E-state index in [-0.39, 0.29) is 0 Å². The van der Waals surface area contributed by atoms with E-state index >= 15 is 0 Å². The van der Waals surface area contributed by atoms with Gasteiger partial charge in [0.15, 0.2) is 5.11 Å². The number of rotatable bonds is 3. The summed E-state index contributed by atoms with van der Waals surface area (Å²) in [5.74, 6) is 0.711. The number of thiocarbonyl (C=S) groups is 1. The Bertz CT molecular complexity index is 634. The Morgan fingerprint density at radius 1 is 1.40 bits per heavy atom. The van der Waals surface area contributed by atoms with Crippen LogP contribution in [-0.4, -0.2) is 10.1 Å². The van der Waals surface area contributed by atoms with E-state index in [0.717, 1.165) is 20.6 Å². The van der Waals surface area contributed by atoms with Crippen LogP contribution in [0.4, 0.5) is 5.82 Å². The van der Waals surface area contributed by atoms with E-state index in [4.69, 9.17) is 23.8 Å². The van der Waals surface area contributed by atoms with Crippen LogP contribution in [-0.2, 0) is 6.54 Å². The molecule has 0 unspecified atom stereocenters. The van der Waals surface area contributed by atoms with Crippen molar-refractivity contribution < 1.29 is 0 Å². The SMILES string of the molecule is Cc1cc(NC(=S)NCc2ccccc2Cl)ncc1Br. The van der Waals surface area contributed by atoms with Gasteiger partial charge in [-0.1, -0.05) is 29.8 Å². The molecule has 104 valence electrons. The van der Waals surface area contributed by atoms with Crippen LogP contribution < -0.4 is 10.6 Å². The second-order valence-corrected chi connectivity index (χ2v) is 5.89. The molecule has 1 aromatic heterocycles. The van der Waals surface area contributed by atoms with Gasteiger partial charge in [0.25, 0.3) is 0 Å². The van der Waals surface area contributed by atoms with E-state index in [1.54, 1.807) is 6.20 Å². The molecule has 0 spiro atoms. The molecule has 0 saturated carbocycles. The summed E-state index contributed by atoms with van der Waals surface area (Å²) in [7, 11) is 0. The van der Waals surface area contributed by atoms with Crippen molar-refractivity contribution in [2.75, 3.05) is 5.32 Å². The first-order chi connectivity index (χ1) is 9.56. The largest absolute Gasteiger partial charge is 0.358 e. The molecular weight excluding hydrogens is 358 g/mol. The maximum Gasteiger partial charge on any atom is 0.172 e. The van der Waals surface area contributed by atoms with Crippen LogP contribution in [0.2, 0.25) is 5.02 Å². The van der Waals surface area contributed by atoms with Crippen molar-refractivity contribution in [1.82, 2.24) is 10.3 Å². The average molecular weight is 371 g/mol. The lowest BCUT2D eigenvalue weighted by atomic mass is 10.2. The molecule has 1 heterocycles. The molecule has 3 nitrogen and oxygen atoms in total.